The van der Waals surface area contributed by atoms with Crippen molar-refractivity contribution in [2.24, 2.45) is 0 Å². The summed E-state index contributed by atoms with van der Waals surface area (Å²) in [6.45, 7) is 9.65. The van der Waals surface area contributed by atoms with E-state index in [0.717, 1.165) is 34.5 Å². The molecule has 0 fully saturated rings. The molecule has 30 heavy (non-hydrogen) atoms. The van der Waals surface area contributed by atoms with Gasteiger partial charge >= 0.3 is 0 Å². The van der Waals surface area contributed by atoms with E-state index < -0.39 is 0 Å². The second-order valence-electron chi connectivity index (χ2n) is 7.12. The van der Waals surface area contributed by atoms with Crippen molar-refractivity contribution in [2.75, 3.05) is 17.7 Å². The Labute approximate surface area is 182 Å². The van der Waals surface area contributed by atoms with E-state index in [-0.39, 0.29) is 11.7 Å². The summed E-state index contributed by atoms with van der Waals surface area (Å²) in [4.78, 5) is 12.4. The maximum absolute atomic E-state index is 12.4. The number of nitrogens with zero attached hydrogens (tertiary/aromatic N) is 3. The summed E-state index contributed by atoms with van der Waals surface area (Å²) in [5.74, 6) is 2.29. The third-order valence-electron chi connectivity index (χ3n) is 4.65. The van der Waals surface area contributed by atoms with Crippen molar-refractivity contribution in [3.8, 4) is 17.1 Å². The lowest BCUT2D eigenvalue weighted by Gasteiger charge is -2.09. The van der Waals surface area contributed by atoms with Gasteiger partial charge in [0.05, 0.1) is 12.4 Å². The van der Waals surface area contributed by atoms with Crippen LogP contribution < -0.4 is 10.1 Å². The number of carbonyl (C=O) groups excluding carboxylic acids is 1. The molecule has 2 aromatic carbocycles. The first-order valence-electron chi connectivity index (χ1n) is 10.2. The van der Waals surface area contributed by atoms with E-state index in [2.05, 4.69) is 29.4 Å². The van der Waals surface area contributed by atoms with E-state index in [1.54, 1.807) is 0 Å². The number of rotatable bonds is 9. The van der Waals surface area contributed by atoms with E-state index in [1.807, 2.05) is 66.9 Å². The van der Waals surface area contributed by atoms with Crippen LogP contribution in [0.4, 0.5) is 5.69 Å². The van der Waals surface area contributed by atoms with Crippen molar-refractivity contribution >= 4 is 23.4 Å². The van der Waals surface area contributed by atoms with Crippen molar-refractivity contribution in [3.63, 3.8) is 0 Å². The van der Waals surface area contributed by atoms with E-state index >= 15 is 0 Å². The molecule has 3 aromatic rings. The standard InChI is InChI=1S/C23H28N4O2S/c1-5-27-22(18-9-13-20(14-10-18)29-6-2)25-26-23(27)30-15-21(28)24-19-11-7-17(8-12-19)16(3)4/h7-14,16H,5-6,15H2,1-4H3,(H,24,28). The molecule has 3 rings (SSSR count). The Morgan fingerprint density at radius 1 is 1.07 bits per heavy atom. The predicted octanol–water partition coefficient (Wildman–Crippen LogP) is 5.22. The number of nitrogens with one attached hydrogen (secondary N) is 1. The lowest BCUT2D eigenvalue weighted by Crippen LogP contribution is -2.14. The summed E-state index contributed by atoms with van der Waals surface area (Å²) in [5, 5.41) is 12.3. The van der Waals surface area contributed by atoms with Crippen LogP contribution in [-0.4, -0.2) is 33.0 Å². The lowest BCUT2D eigenvalue weighted by atomic mass is 10.0. The first-order valence-corrected chi connectivity index (χ1v) is 11.2. The molecule has 0 saturated heterocycles. The van der Waals surface area contributed by atoms with E-state index in [9.17, 15) is 4.79 Å². The minimum atomic E-state index is -0.0643. The highest BCUT2D eigenvalue weighted by Crippen LogP contribution is 2.26. The van der Waals surface area contributed by atoms with Gasteiger partial charge in [0.1, 0.15) is 5.75 Å². The summed E-state index contributed by atoms with van der Waals surface area (Å²) in [5.41, 5.74) is 3.02. The number of thioether (sulfide) groups is 1. The SMILES string of the molecule is CCOc1ccc(-c2nnc(SCC(=O)Nc3ccc(C(C)C)cc3)n2CC)cc1. The minimum Gasteiger partial charge on any atom is -0.494 e. The zero-order valence-corrected chi connectivity index (χ0v) is 18.7. The molecule has 0 aliphatic carbocycles. The molecule has 0 radical (unpaired) electrons. The van der Waals surface area contributed by atoms with Crippen molar-refractivity contribution in [1.82, 2.24) is 14.8 Å². The first-order chi connectivity index (χ1) is 14.5. The molecule has 158 valence electrons. The molecule has 0 aliphatic heterocycles. The van der Waals surface area contributed by atoms with Gasteiger partial charge in [-0.3, -0.25) is 4.79 Å². The summed E-state index contributed by atoms with van der Waals surface area (Å²) >= 11 is 1.39. The van der Waals surface area contributed by atoms with Gasteiger partial charge in [0.2, 0.25) is 5.91 Å². The second-order valence-corrected chi connectivity index (χ2v) is 8.06. The molecule has 1 N–H and O–H groups in total. The minimum absolute atomic E-state index is 0.0643. The van der Waals surface area contributed by atoms with Crippen LogP contribution in [0, 0.1) is 0 Å². The molecule has 7 heteroatoms. The third kappa shape index (κ3) is 5.42. The summed E-state index contributed by atoms with van der Waals surface area (Å²) in [6.07, 6.45) is 0. The number of aromatic nitrogens is 3. The summed E-state index contributed by atoms with van der Waals surface area (Å²) in [6, 6.07) is 15.8. The van der Waals surface area contributed by atoms with Gasteiger partial charge in [-0.25, -0.2) is 0 Å². The Morgan fingerprint density at radius 2 is 1.77 bits per heavy atom. The summed E-state index contributed by atoms with van der Waals surface area (Å²) < 4.78 is 7.52. The Hall–Kier alpha value is -2.80. The van der Waals surface area contributed by atoms with Gasteiger partial charge in [0.15, 0.2) is 11.0 Å². The largest absolute Gasteiger partial charge is 0.494 e. The van der Waals surface area contributed by atoms with Gasteiger partial charge in [0.25, 0.3) is 0 Å². The van der Waals surface area contributed by atoms with Crippen LogP contribution >= 0.6 is 11.8 Å². The van der Waals surface area contributed by atoms with Crippen LogP contribution in [0.5, 0.6) is 5.75 Å². The maximum Gasteiger partial charge on any atom is 0.234 e. The van der Waals surface area contributed by atoms with Gasteiger partial charge < -0.3 is 14.6 Å². The quantitative estimate of drug-likeness (QED) is 0.477. The molecule has 0 saturated carbocycles. The molecule has 6 nitrogen and oxygen atoms in total. The van der Waals surface area contributed by atoms with Crippen LogP contribution in [-0.2, 0) is 11.3 Å². The van der Waals surface area contributed by atoms with Gasteiger partial charge in [-0.1, -0.05) is 37.7 Å². The molecule has 0 unspecified atom stereocenters. The molecule has 0 aliphatic rings. The topological polar surface area (TPSA) is 69.0 Å². The molecule has 1 aromatic heterocycles. The fraction of sp³-hybridized carbons (Fsp3) is 0.348. The molecule has 1 heterocycles. The molecule has 1 amide bonds. The summed E-state index contributed by atoms with van der Waals surface area (Å²) in [7, 11) is 0. The molecule has 0 atom stereocenters. The number of carbonyl (C=O) groups is 1. The van der Waals surface area contributed by atoms with Crippen LogP contribution in [0.15, 0.2) is 53.7 Å². The number of amides is 1. The second kappa shape index (κ2) is 10.3. The Balaban J connectivity index is 1.63. The van der Waals surface area contributed by atoms with Crippen LogP contribution in [0.1, 0.15) is 39.2 Å². The number of anilines is 1. The monoisotopic (exact) mass is 424 g/mol. The number of benzene rings is 2. The van der Waals surface area contributed by atoms with Crippen molar-refractivity contribution < 1.29 is 9.53 Å². The fourth-order valence-electron chi connectivity index (χ4n) is 3.04. The molecule has 0 spiro atoms. The fourth-order valence-corrected chi connectivity index (χ4v) is 3.84. The number of hydrogen-bond donors (Lipinski definition) is 1. The lowest BCUT2D eigenvalue weighted by molar-refractivity contribution is -0.113. The molecule has 0 bridgehead atoms. The maximum atomic E-state index is 12.4. The Morgan fingerprint density at radius 3 is 2.37 bits per heavy atom. The zero-order valence-electron chi connectivity index (χ0n) is 17.9. The average Bonchev–Trinajstić information content (AvgIpc) is 3.16. The predicted molar refractivity (Wildman–Crippen MR) is 122 cm³/mol. The van der Waals surface area contributed by atoms with Crippen LogP contribution in [0.25, 0.3) is 11.4 Å². The smallest absolute Gasteiger partial charge is 0.234 e. The highest BCUT2D eigenvalue weighted by Gasteiger charge is 2.15. The normalized spacial score (nSPS) is 11.0. The zero-order chi connectivity index (χ0) is 21.5. The van der Waals surface area contributed by atoms with E-state index in [1.165, 1.54) is 17.3 Å². The van der Waals surface area contributed by atoms with E-state index in [0.29, 0.717) is 12.5 Å². The Bertz CT molecular complexity index is 966. The van der Waals surface area contributed by atoms with Gasteiger partial charge in [0, 0.05) is 17.8 Å². The van der Waals surface area contributed by atoms with Gasteiger partial charge in [-0.2, -0.15) is 0 Å². The number of ether oxygens (including phenoxy) is 1. The average molecular weight is 425 g/mol. The Kier molecular flexibility index (Phi) is 7.52. The van der Waals surface area contributed by atoms with E-state index in [4.69, 9.17) is 4.74 Å². The number of hydrogen-bond acceptors (Lipinski definition) is 5. The highest BCUT2D eigenvalue weighted by atomic mass is 32.2. The van der Waals surface area contributed by atoms with Crippen molar-refractivity contribution in [3.05, 3.63) is 54.1 Å². The van der Waals surface area contributed by atoms with Crippen LogP contribution in [0.2, 0.25) is 0 Å². The molecular formula is C23H28N4O2S. The third-order valence-corrected chi connectivity index (χ3v) is 5.62. The highest BCUT2D eigenvalue weighted by molar-refractivity contribution is 7.99. The van der Waals surface area contributed by atoms with Crippen LogP contribution in [0.3, 0.4) is 0 Å². The van der Waals surface area contributed by atoms with Gasteiger partial charge in [-0.15, -0.1) is 10.2 Å². The molecular weight excluding hydrogens is 396 g/mol. The first kappa shape index (κ1) is 21.9. The van der Waals surface area contributed by atoms with Gasteiger partial charge in [-0.05, 0) is 61.7 Å². The van der Waals surface area contributed by atoms with Crippen molar-refractivity contribution in [1.29, 1.82) is 0 Å². The van der Waals surface area contributed by atoms with Crippen molar-refractivity contribution in [2.45, 2.75) is 45.3 Å².